The molecule has 0 radical (unpaired) electrons. The first-order valence-corrected chi connectivity index (χ1v) is 8.41. The smallest absolute Gasteiger partial charge is 0.384 e. The lowest BCUT2D eigenvalue weighted by molar-refractivity contribution is -0.137. The highest BCUT2D eigenvalue weighted by Gasteiger charge is 2.30. The Kier molecular flexibility index (Phi) is 5.46. The quantitative estimate of drug-likeness (QED) is 0.686. The zero-order valence-corrected chi connectivity index (χ0v) is 14.7. The number of anilines is 1. The predicted molar refractivity (Wildman–Crippen MR) is 89.8 cm³/mol. The van der Waals surface area contributed by atoms with Gasteiger partial charge in [-0.2, -0.15) is 13.2 Å². The molecule has 0 spiro atoms. The van der Waals surface area contributed by atoms with E-state index in [1.807, 2.05) is 0 Å². The highest BCUT2D eigenvalue weighted by atomic mass is 32.1. The van der Waals surface area contributed by atoms with Crippen molar-refractivity contribution in [2.45, 2.75) is 12.6 Å². The molecule has 1 aromatic carbocycles. The number of methoxy groups -OCH3 is 1. The molecule has 1 N–H and O–H groups in total. The summed E-state index contributed by atoms with van der Waals surface area (Å²) in [5.74, 6) is -0.595. The second-order valence-corrected chi connectivity index (χ2v) is 6.36. The fourth-order valence-corrected chi connectivity index (χ4v) is 2.79. The largest absolute Gasteiger partial charge is 0.416 e. The summed E-state index contributed by atoms with van der Waals surface area (Å²) in [6, 6.07) is 4.55. The summed E-state index contributed by atoms with van der Waals surface area (Å²) < 4.78 is 44.5. The number of benzene rings is 1. The van der Waals surface area contributed by atoms with Gasteiger partial charge in [0.25, 0.3) is 5.91 Å². The van der Waals surface area contributed by atoms with Gasteiger partial charge in [0.1, 0.15) is 5.01 Å². The molecule has 3 rings (SSSR count). The lowest BCUT2D eigenvalue weighted by Crippen LogP contribution is -2.12. The van der Waals surface area contributed by atoms with Crippen LogP contribution in [-0.4, -0.2) is 44.8 Å². The Balaban J connectivity index is 1.72. The van der Waals surface area contributed by atoms with Crippen molar-refractivity contribution in [1.82, 2.24) is 25.2 Å². The highest BCUT2D eigenvalue weighted by molar-refractivity contribution is 7.15. The minimum atomic E-state index is -4.48. The van der Waals surface area contributed by atoms with Crippen LogP contribution < -0.4 is 5.32 Å². The normalized spacial score (nSPS) is 11.6. The van der Waals surface area contributed by atoms with Gasteiger partial charge in [0.2, 0.25) is 5.13 Å². The van der Waals surface area contributed by atoms with E-state index >= 15 is 0 Å². The molecule has 3 aromatic rings. The molecular weight excluding hydrogens is 385 g/mol. The lowest BCUT2D eigenvalue weighted by atomic mass is 10.2. The number of amides is 1. The third kappa shape index (κ3) is 4.65. The summed E-state index contributed by atoms with van der Waals surface area (Å²) in [5, 5.41) is 18.6. The van der Waals surface area contributed by atoms with Crippen LogP contribution in [0.1, 0.15) is 21.1 Å². The first kappa shape index (κ1) is 18.9. The van der Waals surface area contributed by atoms with E-state index in [0.29, 0.717) is 18.0 Å². The van der Waals surface area contributed by atoms with Crippen LogP contribution in [0.15, 0.2) is 30.5 Å². The van der Waals surface area contributed by atoms with Crippen LogP contribution in [0.5, 0.6) is 0 Å². The van der Waals surface area contributed by atoms with Crippen LogP contribution in [0.2, 0.25) is 0 Å². The van der Waals surface area contributed by atoms with Crippen LogP contribution in [0.25, 0.3) is 5.69 Å². The van der Waals surface area contributed by atoms with Gasteiger partial charge in [0.05, 0.1) is 24.1 Å². The molecule has 27 heavy (non-hydrogen) atoms. The number of hydrogen-bond acceptors (Lipinski definition) is 7. The van der Waals surface area contributed by atoms with E-state index in [1.165, 1.54) is 29.7 Å². The summed E-state index contributed by atoms with van der Waals surface area (Å²) in [5.41, 5.74) is -0.755. The summed E-state index contributed by atoms with van der Waals surface area (Å²) in [4.78, 5) is 12.2. The van der Waals surface area contributed by atoms with Crippen molar-refractivity contribution >= 4 is 22.4 Å². The Bertz CT molecular complexity index is 940. The highest BCUT2D eigenvalue weighted by Crippen LogP contribution is 2.30. The van der Waals surface area contributed by atoms with Gasteiger partial charge in [-0.15, -0.1) is 15.3 Å². The number of carbonyl (C=O) groups excluding carboxylic acids is 1. The second-order valence-electron chi connectivity index (χ2n) is 5.29. The molecule has 2 aromatic heterocycles. The van der Waals surface area contributed by atoms with Crippen molar-refractivity contribution in [2.24, 2.45) is 0 Å². The molecule has 1 amide bonds. The van der Waals surface area contributed by atoms with Crippen molar-refractivity contribution in [3.05, 3.63) is 46.7 Å². The summed E-state index contributed by atoms with van der Waals surface area (Å²) >= 11 is 1.19. The predicted octanol–water partition coefficient (Wildman–Crippen LogP) is 2.58. The fourth-order valence-electron chi connectivity index (χ4n) is 2.07. The molecule has 0 atom stereocenters. The molecule has 0 aliphatic carbocycles. The first-order valence-electron chi connectivity index (χ1n) is 7.59. The van der Waals surface area contributed by atoms with E-state index < -0.39 is 17.6 Å². The summed E-state index contributed by atoms with van der Waals surface area (Å²) in [6.07, 6.45) is -2.68. The van der Waals surface area contributed by atoms with Gasteiger partial charge in [0.15, 0.2) is 5.69 Å². The Labute approximate surface area is 155 Å². The van der Waals surface area contributed by atoms with Gasteiger partial charge in [0, 0.05) is 13.5 Å². The van der Waals surface area contributed by atoms with Crippen molar-refractivity contribution in [2.75, 3.05) is 19.0 Å². The maximum atomic E-state index is 12.8. The lowest BCUT2D eigenvalue weighted by Gasteiger charge is -2.07. The number of rotatable bonds is 6. The number of nitrogens with one attached hydrogen (secondary N) is 1. The van der Waals surface area contributed by atoms with Gasteiger partial charge in [-0.1, -0.05) is 22.6 Å². The van der Waals surface area contributed by atoms with Crippen molar-refractivity contribution in [3.63, 3.8) is 0 Å². The fraction of sp³-hybridized carbons (Fsp3) is 0.267. The number of alkyl halides is 3. The molecule has 0 bridgehead atoms. The van der Waals surface area contributed by atoms with Gasteiger partial charge < -0.3 is 4.74 Å². The van der Waals surface area contributed by atoms with Gasteiger partial charge in [-0.25, -0.2) is 4.68 Å². The minimum Gasteiger partial charge on any atom is -0.384 e. The summed E-state index contributed by atoms with van der Waals surface area (Å²) in [7, 11) is 1.57. The molecule has 142 valence electrons. The standard InChI is InChI=1S/C15H13F3N6O2S/c1-26-6-5-12-21-22-14(27-12)19-13(25)11-8-24(23-20-11)10-4-2-3-9(7-10)15(16,17)18/h2-4,7-8H,5-6H2,1H3,(H,19,22,25). The number of aromatic nitrogens is 5. The van der Waals surface area contributed by atoms with E-state index in [-0.39, 0.29) is 16.5 Å². The molecule has 0 aliphatic heterocycles. The number of nitrogens with zero attached hydrogens (tertiary/aromatic N) is 5. The summed E-state index contributed by atoms with van der Waals surface area (Å²) in [6.45, 7) is 0.480. The molecular formula is C15H13F3N6O2S. The molecule has 0 saturated heterocycles. The van der Waals surface area contributed by atoms with Crippen LogP contribution in [0.4, 0.5) is 18.3 Å². The van der Waals surface area contributed by atoms with Crippen LogP contribution in [0, 0.1) is 0 Å². The Hall–Kier alpha value is -2.86. The van der Waals surface area contributed by atoms with Gasteiger partial charge in [-0.3, -0.25) is 10.1 Å². The van der Waals surface area contributed by atoms with Gasteiger partial charge >= 0.3 is 6.18 Å². The maximum Gasteiger partial charge on any atom is 0.416 e. The topological polar surface area (TPSA) is 94.8 Å². The molecule has 2 heterocycles. The van der Waals surface area contributed by atoms with Crippen LogP contribution in [0.3, 0.4) is 0 Å². The molecule has 0 unspecified atom stereocenters. The van der Waals surface area contributed by atoms with Crippen molar-refractivity contribution < 1.29 is 22.7 Å². The first-order chi connectivity index (χ1) is 12.9. The van der Waals surface area contributed by atoms with Crippen LogP contribution >= 0.6 is 11.3 Å². The van der Waals surface area contributed by atoms with Crippen LogP contribution in [-0.2, 0) is 17.3 Å². The van der Waals surface area contributed by atoms with E-state index in [4.69, 9.17) is 4.74 Å². The van der Waals surface area contributed by atoms with Crippen molar-refractivity contribution in [3.8, 4) is 5.69 Å². The molecule has 8 nitrogen and oxygen atoms in total. The Morgan fingerprint density at radius 1 is 1.30 bits per heavy atom. The van der Waals surface area contributed by atoms with E-state index in [9.17, 15) is 18.0 Å². The zero-order valence-electron chi connectivity index (χ0n) is 13.9. The molecule has 0 aliphatic rings. The SMILES string of the molecule is COCCc1nnc(NC(=O)c2cn(-c3cccc(C(F)(F)F)c3)nn2)s1. The number of carbonyl (C=O) groups is 1. The maximum absolute atomic E-state index is 12.8. The molecule has 12 heteroatoms. The van der Waals surface area contributed by atoms with E-state index in [2.05, 4.69) is 25.8 Å². The minimum absolute atomic E-state index is 0.0685. The molecule has 0 saturated carbocycles. The number of hydrogen-bond donors (Lipinski definition) is 1. The molecule has 0 fully saturated rings. The third-order valence-electron chi connectivity index (χ3n) is 3.37. The monoisotopic (exact) mass is 398 g/mol. The second kappa shape index (κ2) is 7.80. The van der Waals surface area contributed by atoms with E-state index in [1.54, 1.807) is 7.11 Å². The number of ether oxygens (including phenoxy) is 1. The Morgan fingerprint density at radius 3 is 2.85 bits per heavy atom. The van der Waals surface area contributed by atoms with Gasteiger partial charge in [-0.05, 0) is 18.2 Å². The van der Waals surface area contributed by atoms with E-state index in [0.717, 1.165) is 16.8 Å². The van der Waals surface area contributed by atoms with Crippen molar-refractivity contribution in [1.29, 1.82) is 0 Å². The average Bonchev–Trinajstić information content (AvgIpc) is 3.29. The third-order valence-corrected chi connectivity index (χ3v) is 4.27. The average molecular weight is 398 g/mol. The zero-order chi connectivity index (χ0) is 19.4. The number of halogens is 3. The Morgan fingerprint density at radius 2 is 2.11 bits per heavy atom.